The first-order valence-corrected chi connectivity index (χ1v) is 8.82. The molecule has 0 saturated carbocycles. The van der Waals surface area contributed by atoms with Crippen LogP contribution in [0, 0.1) is 5.92 Å². The standard InChI is InChI=1S/C19H30N2O4/c1-7-23-16-11-15(12-17(24-8-2)18(16)25-9-3)19(22)21-20-14(6)10-13(4)5/h11-13H,7-10H2,1-6H3,(H,21,22). The first kappa shape index (κ1) is 20.8. The zero-order valence-electron chi connectivity index (χ0n) is 16.1. The van der Waals surface area contributed by atoms with Crippen molar-refractivity contribution in [2.45, 2.75) is 48.0 Å². The molecule has 6 nitrogen and oxygen atoms in total. The third-order valence-electron chi connectivity index (χ3n) is 3.22. The largest absolute Gasteiger partial charge is 0.490 e. The molecule has 0 aliphatic rings. The van der Waals surface area contributed by atoms with E-state index >= 15 is 0 Å². The van der Waals surface area contributed by atoms with Gasteiger partial charge in [0, 0.05) is 11.3 Å². The van der Waals surface area contributed by atoms with Crippen molar-refractivity contribution in [1.82, 2.24) is 5.43 Å². The fourth-order valence-electron chi connectivity index (χ4n) is 2.37. The van der Waals surface area contributed by atoms with Crippen LogP contribution in [0.5, 0.6) is 17.2 Å². The van der Waals surface area contributed by atoms with Crippen molar-refractivity contribution in [2.24, 2.45) is 11.0 Å². The third-order valence-corrected chi connectivity index (χ3v) is 3.22. The summed E-state index contributed by atoms with van der Waals surface area (Å²) in [6.45, 7) is 13.2. The van der Waals surface area contributed by atoms with Crippen LogP contribution in [-0.4, -0.2) is 31.4 Å². The molecule has 0 spiro atoms. The highest BCUT2D eigenvalue weighted by molar-refractivity contribution is 5.96. The van der Waals surface area contributed by atoms with Crippen LogP contribution in [-0.2, 0) is 0 Å². The summed E-state index contributed by atoms with van der Waals surface area (Å²) in [7, 11) is 0. The van der Waals surface area contributed by atoms with Crippen LogP contribution >= 0.6 is 0 Å². The van der Waals surface area contributed by atoms with Crippen LogP contribution in [0.15, 0.2) is 17.2 Å². The van der Waals surface area contributed by atoms with E-state index < -0.39 is 0 Å². The number of hydrazone groups is 1. The number of carbonyl (C=O) groups excluding carboxylic acids is 1. The van der Waals surface area contributed by atoms with E-state index in [9.17, 15) is 4.79 Å². The fourth-order valence-corrected chi connectivity index (χ4v) is 2.37. The second-order valence-corrected chi connectivity index (χ2v) is 5.99. The Hall–Kier alpha value is -2.24. The SMILES string of the molecule is CCOc1cc(C(=O)NN=C(C)CC(C)C)cc(OCC)c1OCC. The lowest BCUT2D eigenvalue weighted by atomic mass is 10.1. The summed E-state index contributed by atoms with van der Waals surface area (Å²) in [6.07, 6.45) is 0.831. The zero-order chi connectivity index (χ0) is 18.8. The molecular formula is C19H30N2O4. The second kappa shape index (κ2) is 10.6. The van der Waals surface area contributed by atoms with Crippen LogP contribution in [0.1, 0.15) is 58.3 Å². The predicted octanol–water partition coefficient (Wildman–Crippen LogP) is 4.03. The van der Waals surface area contributed by atoms with E-state index in [-0.39, 0.29) is 5.91 Å². The highest BCUT2D eigenvalue weighted by Gasteiger charge is 2.18. The van der Waals surface area contributed by atoms with E-state index in [1.54, 1.807) is 12.1 Å². The highest BCUT2D eigenvalue weighted by atomic mass is 16.5. The molecule has 140 valence electrons. The van der Waals surface area contributed by atoms with Gasteiger partial charge in [0.1, 0.15) is 0 Å². The number of amides is 1. The number of rotatable bonds is 10. The van der Waals surface area contributed by atoms with Gasteiger partial charge in [-0.1, -0.05) is 13.8 Å². The summed E-state index contributed by atoms with van der Waals surface area (Å²) in [5.74, 6) is 1.67. The Bertz CT molecular complexity index is 570. The summed E-state index contributed by atoms with van der Waals surface area (Å²) >= 11 is 0. The summed E-state index contributed by atoms with van der Waals surface area (Å²) in [6, 6.07) is 3.30. The van der Waals surface area contributed by atoms with Crippen molar-refractivity contribution in [1.29, 1.82) is 0 Å². The van der Waals surface area contributed by atoms with E-state index in [1.807, 2.05) is 27.7 Å². The van der Waals surface area contributed by atoms with E-state index in [0.29, 0.717) is 48.6 Å². The molecule has 0 bridgehead atoms. The van der Waals surface area contributed by atoms with Crippen LogP contribution in [0.4, 0.5) is 0 Å². The predicted molar refractivity (Wildman–Crippen MR) is 100.0 cm³/mol. The minimum atomic E-state index is -0.312. The lowest BCUT2D eigenvalue weighted by molar-refractivity contribution is 0.0953. The normalized spacial score (nSPS) is 11.4. The molecular weight excluding hydrogens is 320 g/mol. The molecule has 1 amide bonds. The topological polar surface area (TPSA) is 69.2 Å². The van der Waals surface area contributed by atoms with Crippen LogP contribution in [0.25, 0.3) is 0 Å². The monoisotopic (exact) mass is 350 g/mol. The highest BCUT2D eigenvalue weighted by Crippen LogP contribution is 2.39. The van der Waals surface area contributed by atoms with E-state index in [2.05, 4.69) is 24.4 Å². The second-order valence-electron chi connectivity index (χ2n) is 5.99. The molecule has 1 rings (SSSR count). The third kappa shape index (κ3) is 6.64. The fraction of sp³-hybridized carbons (Fsp3) is 0.579. The van der Waals surface area contributed by atoms with Gasteiger partial charge in [0.2, 0.25) is 5.75 Å². The molecule has 0 atom stereocenters. The molecule has 0 unspecified atom stereocenters. The smallest absolute Gasteiger partial charge is 0.271 e. The van der Waals surface area contributed by atoms with Gasteiger partial charge in [0.05, 0.1) is 19.8 Å². The van der Waals surface area contributed by atoms with Gasteiger partial charge in [-0.3, -0.25) is 4.79 Å². The van der Waals surface area contributed by atoms with Gasteiger partial charge in [-0.05, 0) is 52.2 Å². The lowest BCUT2D eigenvalue weighted by Gasteiger charge is -2.16. The Morgan fingerprint density at radius 3 is 2.00 bits per heavy atom. The first-order valence-electron chi connectivity index (χ1n) is 8.82. The summed E-state index contributed by atoms with van der Waals surface area (Å²) in [4.78, 5) is 12.4. The van der Waals surface area contributed by atoms with E-state index in [0.717, 1.165) is 12.1 Å². The molecule has 0 aromatic heterocycles. The summed E-state index contributed by atoms with van der Waals surface area (Å²) in [5.41, 5.74) is 3.88. The molecule has 25 heavy (non-hydrogen) atoms. The average molecular weight is 350 g/mol. The average Bonchev–Trinajstić information content (AvgIpc) is 2.55. The number of ether oxygens (including phenoxy) is 3. The minimum Gasteiger partial charge on any atom is -0.490 e. The maximum atomic E-state index is 12.4. The van der Waals surface area contributed by atoms with E-state index in [4.69, 9.17) is 14.2 Å². The van der Waals surface area contributed by atoms with Crippen LogP contribution in [0.2, 0.25) is 0 Å². The number of benzene rings is 1. The summed E-state index contributed by atoms with van der Waals surface area (Å²) < 4.78 is 16.9. The molecule has 0 radical (unpaired) electrons. The zero-order valence-corrected chi connectivity index (χ0v) is 16.1. The maximum absolute atomic E-state index is 12.4. The van der Waals surface area contributed by atoms with Gasteiger partial charge < -0.3 is 14.2 Å². The Morgan fingerprint density at radius 2 is 1.56 bits per heavy atom. The van der Waals surface area contributed by atoms with Crippen molar-refractivity contribution < 1.29 is 19.0 Å². The Balaban J connectivity index is 3.10. The van der Waals surface area contributed by atoms with Gasteiger partial charge >= 0.3 is 0 Å². The maximum Gasteiger partial charge on any atom is 0.271 e. The van der Waals surface area contributed by atoms with Crippen molar-refractivity contribution >= 4 is 11.6 Å². The van der Waals surface area contributed by atoms with Crippen LogP contribution < -0.4 is 19.6 Å². The van der Waals surface area contributed by atoms with Crippen molar-refractivity contribution in [3.05, 3.63) is 17.7 Å². The van der Waals surface area contributed by atoms with Gasteiger partial charge in [-0.25, -0.2) is 5.43 Å². The Labute approximate surface area is 150 Å². The van der Waals surface area contributed by atoms with Crippen molar-refractivity contribution in [3.8, 4) is 17.2 Å². The minimum absolute atomic E-state index is 0.312. The molecule has 1 aromatic rings. The quantitative estimate of drug-likeness (QED) is 0.511. The number of nitrogens with zero attached hydrogens (tertiary/aromatic N) is 1. The molecule has 1 N–H and O–H groups in total. The number of carbonyl (C=O) groups is 1. The van der Waals surface area contributed by atoms with Gasteiger partial charge in [0.15, 0.2) is 11.5 Å². The summed E-state index contributed by atoms with van der Waals surface area (Å²) in [5, 5.41) is 4.15. The van der Waals surface area contributed by atoms with Gasteiger partial charge in [-0.2, -0.15) is 5.10 Å². The first-order chi connectivity index (χ1) is 11.9. The number of hydrogen-bond donors (Lipinski definition) is 1. The molecule has 0 aliphatic heterocycles. The molecule has 0 aliphatic carbocycles. The molecule has 6 heteroatoms. The van der Waals surface area contributed by atoms with Gasteiger partial charge in [-0.15, -0.1) is 0 Å². The lowest BCUT2D eigenvalue weighted by Crippen LogP contribution is -2.20. The Morgan fingerprint density at radius 1 is 1.04 bits per heavy atom. The van der Waals surface area contributed by atoms with Gasteiger partial charge in [0.25, 0.3) is 5.91 Å². The van der Waals surface area contributed by atoms with E-state index in [1.165, 1.54) is 0 Å². The number of nitrogens with one attached hydrogen (secondary N) is 1. The van der Waals surface area contributed by atoms with Crippen molar-refractivity contribution in [2.75, 3.05) is 19.8 Å². The molecule has 1 aromatic carbocycles. The molecule has 0 saturated heterocycles. The van der Waals surface area contributed by atoms with Crippen LogP contribution in [0.3, 0.4) is 0 Å². The molecule has 0 fully saturated rings. The molecule has 0 heterocycles. The van der Waals surface area contributed by atoms with Crippen molar-refractivity contribution in [3.63, 3.8) is 0 Å². The Kier molecular flexibility index (Phi) is 8.81. The number of hydrogen-bond acceptors (Lipinski definition) is 5.